The first kappa shape index (κ1) is 13.7. The van der Waals surface area contributed by atoms with Crippen LogP contribution in [0.3, 0.4) is 0 Å². The van der Waals surface area contributed by atoms with Gasteiger partial charge >= 0.3 is 11.7 Å². The first-order chi connectivity index (χ1) is 7.50. The largest absolute Gasteiger partial charge is 0.480 e. The Morgan fingerprint density at radius 1 is 1.53 bits per heavy atom. The van der Waals surface area contributed by atoms with Crippen molar-refractivity contribution < 1.29 is 9.90 Å². The number of carboxylic acids is 1. The van der Waals surface area contributed by atoms with Crippen LogP contribution in [0, 0.1) is 0 Å². The molecular formula is C8H8N4NaO4. The molecule has 0 saturated heterocycles. The Morgan fingerprint density at radius 2 is 2.18 bits per heavy atom. The summed E-state index contributed by atoms with van der Waals surface area (Å²) in [5.74, 6) is -1.09. The zero-order valence-corrected chi connectivity index (χ0v) is 11.3. The monoisotopic (exact) mass is 247 g/mol. The van der Waals surface area contributed by atoms with Crippen molar-refractivity contribution in [3.8, 4) is 0 Å². The van der Waals surface area contributed by atoms with Gasteiger partial charge in [-0.05, 0) is 0 Å². The molecule has 85 valence electrons. The second-order valence-corrected chi connectivity index (χ2v) is 3.26. The zero-order chi connectivity index (χ0) is 11.9. The summed E-state index contributed by atoms with van der Waals surface area (Å²) in [4.78, 5) is 39.6. The molecule has 2 rings (SSSR count). The minimum absolute atomic E-state index is 0. The van der Waals surface area contributed by atoms with Crippen molar-refractivity contribution in [3.05, 3.63) is 27.2 Å². The van der Waals surface area contributed by atoms with Crippen LogP contribution in [0.2, 0.25) is 0 Å². The Morgan fingerprint density at radius 3 is 2.76 bits per heavy atom. The topological polar surface area (TPSA) is 110 Å². The van der Waals surface area contributed by atoms with Gasteiger partial charge in [0, 0.05) is 36.6 Å². The quantitative estimate of drug-likeness (QED) is 0.604. The second-order valence-electron chi connectivity index (χ2n) is 3.26. The third kappa shape index (κ3) is 2.33. The Labute approximate surface area is 116 Å². The number of nitrogens with one attached hydrogen (secondary N) is 1. The fourth-order valence-corrected chi connectivity index (χ4v) is 1.40. The van der Waals surface area contributed by atoms with Crippen molar-refractivity contribution in [2.45, 2.75) is 6.54 Å². The van der Waals surface area contributed by atoms with Gasteiger partial charge in [0.1, 0.15) is 6.54 Å². The van der Waals surface area contributed by atoms with Gasteiger partial charge < -0.3 is 9.67 Å². The van der Waals surface area contributed by atoms with Crippen molar-refractivity contribution >= 4 is 46.7 Å². The van der Waals surface area contributed by atoms with E-state index in [1.54, 1.807) is 0 Å². The molecule has 0 aromatic carbocycles. The molecule has 1 radical (unpaired) electrons. The van der Waals surface area contributed by atoms with Crippen LogP contribution in [0.25, 0.3) is 11.2 Å². The molecule has 0 atom stereocenters. The second kappa shape index (κ2) is 4.86. The van der Waals surface area contributed by atoms with Crippen LogP contribution in [0.15, 0.2) is 15.9 Å². The molecular weight excluding hydrogens is 239 g/mol. The van der Waals surface area contributed by atoms with Crippen molar-refractivity contribution in [1.29, 1.82) is 0 Å². The average Bonchev–Trinajstić information content (AvgIpc) is 2.57. The van der Waals surface area contributed by atoms with Crippen molar-refractivity contribution in [3.63, 3.8) is 0 Å². The molecule has 0 aliphatic rings. The Hall–Kier alpha value is -1.38. The van der Waals surface area contributed by atoms with Gasteiger partial charge in [0.05, 0.1) is 6.33 Å². The molecule has 0 amide bonds. The number of imidazole rings is 1. The predicted octanol–water partition coefficient (Wildman–Crippen LogP) is -1.87. The summed E-state index contributed by atoms with van der Waals surface area (Å²) in [5.41, 5.74) is -0.991. The first-order valence-corrected chi connectivity index (χ1v) is 4.36. The SMILES string of the molecule is Cn1c(=O)[nH]c2ncn(CC(=O)O)c2c1=O.[Na]. The molecule has 9 heteroatoms. The molecule has 0 saturated carbocycles. The molecule has 2 heterocycles. The number of hydrogen-bond donors (Lipinski definition) is 2. The maximum atomic E-state index is 11.7. The Bertz CT molecular complexity index is 683. The fraction of sp³-hybridized carbons (Fsp3) is 0.250. The number of rotatable bonds is 2. The van der Waals surface area contributed by atoms with E-state index < -0.39 is 17.2 Å². The number of carboxylic acid groups (broad SMARTS) is 1. The van der Waals surface area contributed by atoms with E-state index in [0.717, 1.165) is 4.57 Å². The number of hydrogen-bond acceptors (Lipinski definition) is 4. The molecule has 2 aromatic heterocycles. The number of H-pyrrole nitrogens is 1. The molecule has 8 nitrogen and oxygen atoms in total. The van der Waals surface area contributed by atoms with Gasteiger partial charge in [0.25, 0.3) is 5.56 Å². The Kier molecular flexibility index (Phi) is 3.91. The summed E-state index contributed by atoms with van der Waals surface area (Å²) in [7, 11) is 1.30. The normalized spacial score (nSPS) is 10.2. The summed E-state index contributed by atoms with van der Waals surface area (Å²) in [6.45, 7) is -0.377. The van der Waals surface area contributed by atoms with Crippen molar-refractivity contribution in [2.24, 2.45) is 7.05 Å². The summed E-state index contributed by atoms with van der Waals surface area (Å²) in [6.07, 6.45) is 1.20. The summed E-state index contributed by atoms with van der Waals surface area (Å²) in [6, 6.07) is 0. The summed E-state index contributed by atoms with van der Waals surface area (Å²) >= 11 is 0. The van der Waals surface area contributed by atoms with E-state index in [9.17, 15) is 14.4 Å². The maximum Gasteiger partial charge on any atom is 0.329 e. The standard InChI is InChI=1S/C8H8N4O4.Na/c1-11-7(15)5-6(10-8(11)16)9-3-12(5)2-4(13)14;/h3H,2H2,1H3,(H,10,16)(H,13,14);. The minimum atomic E-state index is -1.09. The third-order valence-corrected chi connectivity index (χ3v) is 2.18. The number of aliphatic carboxylic acids is 1. The van der Waals surface area contributed by atoms with E-state index in [-0.39, 0.29) is 47.3 Å². The zero-order valence-electron chi connectivity index (χ0n) is 9.30. The van der Waals surface area contributed by atoms with Gasteiger partial charge in [-0.2, -0.15) is 0 Å². The summed E-state index contributed by atoms with van der Waals surface area (Å²) < 4.78 is 2.04. The van der Waals surface area contributed by atoms with Crippen LogP contribution >= 0.6 is 0 Å². The van der Waals surface area contributed by atoms with Crippen LogP contribution in [0.4, 0.5) is 0 Å². The molecule has 0 aliphatic carbocycles. The molecule has 17 heavy (non-hydrogen) atoms. The summed E-state index contributed by atoms with van der Waals surface area (Å²) in [5, 5.41) is 8.63. The molecule has 0 unspecified atom stereocenters. The number of aromatic amines is 1. The smallest absolute Gasteiger partial charge is 0.329 e. The van der Waals surface area contributed by atoms with E-state index in [0.29, 0.717) is 0 Å². The number of aromatic nitrogens is 4. The van der Waals surface area contributed by atoms with Gasteiger partial charge in [0.2, 0.25) is 0 Å². The van der Waals surface area contributed by atoms with Crippen LogP contribution in [-0.4, -0.2) is 59.7 Å². The van der Waals surface area contributed by atoms with E-state index in [1.807, 2.05) is 0 Å². The average molecular weight is 247 g/mol. The van der Waals surface area contributed by atoms with Crippen molar-refractivity contribution in [2.75, 3.05) is 0 Å². The van der Waals surface area contributed by atoms with E-state index in [4.69, 9.17) is 5.11 Å². The number of fused-ring (bicyclic) bond motifs is 1. The predicted molar refractivity (Wildman–Crippen MR) is 59.0 cm³/mol. The van der Waals surface area contributed by atoms with Crippen molar-refractivity contribution in [1.82, 2.24) is 19.1 Å². The van der Waals surface area contributed by atoms with Gasteiger partial charge in [-0.3, -0.25) is 19.1 Å². The van der Waals surface area contributed by atoms with Crippen LogP contribution in [-0.2, 0) is 18.4 Å². The van der Waals surface area contributed by atoms with Gasteiger partial charge in [-0.1, -0.05) is 0 Å². The van der Waals surface area contributed by atoms with E-state index in [1.165, 1.54) is 17.9 Å². The first-order valence-electron chi connectivity index (χ1n) is 4.36. The molecule has 2 N–H and O–H groups in total. The third-order valence-electron chi connectivity index (χ3n) is 2.18. The van der Waals surface area contributed by atoms with Crippen LogP contribution < -0.4 is 11.2 Å². The fourth-order valence-electron chi connectivity index (χ4n) is 1.40. The molecule has 0 fully saturated rings. The van der Waals surface area contributed by atoms with Crippen LogP contribution in [0.5, 0.6) is 0 Å². The molecule has 2 aromatic rings. The number of nitrogens with zero attached hydrogens (tertiary/aromatic N) is 3. The van der Waals surface area contributed by atoms with E-state index in [2.05, 4.69) is 9.97 Å². The molecule has 0 spiro atoms. The molecule has 0 aliphatic heterocycles. The maximum absolute atomic E-state index is 11.7. The molecule has 0 bridgehead atoms. The van der Waals surface area contributed by atoms with Gasteiger partial charge in [-0.25, -0.2) is 9.78 Å². The van der Waals surface area contributed by atoms with Crippen LogP contribution in [0.1, 0.15) is 0 Å². The van der Waals surface area contributed by atoms with Gasteiger partial charge in [0.15, 0.2) is 11.2 Å². The Balaban J connectivity index is 0.00000144. The van der Waals surface area contributed by atoms with Gasteiger partial charge in [-0.15, -0.1) is 0 Å². The number of carbonyl (C=O) groups is 1. The van der Waals surface area contributed by atoms with E-state index >= 15 is 0 Å². The minimum Gasteiger partial charge on any atom is -0.480 e.